The lowest BCUT2D eigenvalue weighted by Crippen LogP contribution is -2.33. The van der Waals surface area contributed by atoms with Crippen molar-refractivity contribution >= 4 is 10.0 Å². The average molecular weight is 358 g/mol. The second-order valence-electron chi connectivity index (χ2n) is 5.45. The van der Waals surface area contributed by atoms with Gasteiger partial charge in [0.05, 0.1) is 17.3 Å². The lowest BCUT2D eigenvalue weighted by Gasteiger charge is -2.16. The molecule has 0 spiro atoms. The van der Waals surface area contributed by atoms with Gasteiger partial charge in [0.2, 0.25) is 10.0 Å². The van der Waals surface area contributed by atoms with Crippen molar-refractivity contribution in [3.05, 3.63) is 61.2 Å². The van der Waals surface area contributed by atoms with Crippen molar-refractivity contribution in [1.29, 1.82) is 0 Å². The molecule has 2 heterocycles. The number of ether oxygens (including phenoxy) is 1. The summed E-state index contributed by atoms with van der Waals surface area (Å²) in [6.07, 6.45) is 6.12. The molecule has 1 atom stereocenters. The van der Waals surface area contributed by atoms with Crippen molar-refractivity contribution in [1.82, 2.24) is 19.9 Å². The largest absolute Gasteiger partial charge is 0.488 e. The van der Waals surface area contributed by atoms with Gasteiger partial charge in [-0.25, -0.2) is 13.1 Å². The van der Waals surface area contributed by atoms with Gasteiger partial charge < -0.3 is 4.74 Å². The van der Waals surface area contributed by atoms with E-state index in [-0.39, 0.29) is 17.5 Å². The highest BCUT2D eigenvalue weighted by Gasteiger charge is 2.20. The van der Waals surface area contributed by atoms with Gasteiger partial charge in [-0.05, 0) is 25.1 Å². The van der Waals surface area contributed by atoms with Crippen molar-refractivity contribution < 1.29 is 13.2 Å². The van der Waals surface area contributed by atoms with Gasteiger partial charge >= 0.3 is 0 Å². The Bertz CT molecular complexity index is 912. The molecule has 3 rings (SSSR count). The number of hydrogen-bond acceptors (Lipinski definition) is 5. The summed E-state index contributed by atoms with van der Waals surface area (Å²) in [7, 11) is -3.69. The van der Waals surface area contributed by atoms with Crippen molar-refractivity contribution in [3.63, 3.8) is 0 Å². The summed E-state index contributed by atoms with van der Waals surface area (Å²) in [6.45, 7) is 1.93. The summed E-state index contributed by atoms with van der Waals surface area (Å²) in [4.78, 5) is 4.16. The highest BCUT2D eigenvalue weighted by molar-refractivity contribution is 7.89. The summed E-state index contributed by atoms with van der Waals surface area (Å²) in [5.74, 6) is 0.591. The van der Waals surface area contributed by atoms with Crippen LogP contribution < -0.4 is 9.46 Å². The molecule has 130 valence electrons. The Balaban J connectivity index is 1.73. The van der Waals surface area contributed by atoms with Crippen LogP contribution in [0.25, 0.3) is 11.1 Å². The molecule has 0 aliphatic carbocycles. The average Bonchev–Trinajstić information content (AvgIpc) is 3.16. The lowest BCUT2D eigenvalue weighted by molar-refractivity contribution is 0.224. The first-order valence-electron chi connectivity index (χ1n) is 7.71. The quantitative estimate of drug-likeness (QED) is 0.675. The topological polar surface area (TPSA) is 97.0 Å². The van der Waals surface area contributed by atoms with Crippen LogP contribution >= 0.6 is 0 Å². The van der Waals surface area contributed by atoms with E-state index in [4.69, 9.17) is 4.74 Å². The zero-order valence-corrected chi connectivity index (χ0v) is 14.4. The predicted octanol–water partition coefficient (Wildman–Crippen LogP) is 2.22. The van der Waals surface area contributed by atoms with E-state index in [0.29, 0.717) is 16.9 Å². The standard InChI is InChI=1S/C17H18N4O3S/c1-13(24-15-5-4-8-18-12-15)9-21-25(22,23)17-7-3-2-6-16(17)14-10-19-20-11-14/h2-8,10-13,21H,9H2,1H3,(H,19,20). The van der Waals surface area contributed by atoms with E-state index in [9.17, 15) is 8.42 Å². The molecule has 0 aliphatic heterocycles. The fourth-order valence-electron chi connectivity index (χ4n) is 2.33. The zero-order valence-electron chi connectivity index (χ0n) is 13.6. The summed E-state index contributed by atoms with van der Waals surface area (Å²) in [5, 5.41) is 6.57. The van der Waals surface area contributed by atoms with E-state index in [2.05, 4.69) is 19.9 Å². The summed E-state index contributed by atoms with van der Waals surface area (Å²) >= 11 is 0. The minimum Gasteiger partial charge on any atom is -0.488 e. The highest BCUT2D eigenvalue weighted by atomic mass is 32.2. The number of rotatable bonds is 7. The van der Waals surface area contributed by atoms with E-state index < -0.39 is 10.0 Å². The molecule has 0 bridgehead atoms. The molecule has 0 saturated heterocycles. The van der Waals surface area contributed by atoms with Crippen LogP contribution in [0.5, 0.6) is 5.75 Å². The molecule has 1 unspecified atom stereocenters. The Hall–Kier alpha value is -2.71. The number of H-pyrrole nitrogens is 1. The predicted molar refractivity (Wildman–Crippen MR) is 93.5 cm³/mol. The molecule has 25 heavy (non-hydrogen) atoms. The number of sulfonamides is 1. The van der Waals surface area contributed by atoms with Gasteiger partial charge in [-0.3, -0.25) is 10.1 Å². The molecule has 0 fully saturated rings. The maximum absolute atomic E-state index is 12.7. The Kier molecular flexibility index (Phi) is 5.11. The molecule has 2 N–H and O–H groups in total. The third-order valence-corrected chi connectivity index (χ3v) is 5.00. The van der Waals surface area contributed by atoms with E-state index in [1.54, 1.807) is 68.1 Å². The minimum atomic E-state index is -3.69. The highest BCUT2D eigenvalue weighted by Crippen LogP contribution is 2.26. The van der Waals surface area contributed by atoms with Crippen LogP contribution in [0.1, 0.15) is 6.92 Å². The van der Waals surface area contributed by atoms with Crippen LogP contribution in [-0.2, 0) is 10.0 Å². The monoisotopic (exact) mass is 358 g/mol. The summed E-state index contributed by atoms with van der Waals surface area (Å²) in [6, 6.07) is 10.3. The fraction of sp³-hybridized carbons (Fsp3) is 0.176. The number of nitrogens with zero attached hydrogens (tertiary/aromatic N) is 2. The van der Waals surface area contributed by atoms with E-state index in [1.807, 2.05) is 0 Å². The number of hydrogen-bond donors (Lipinski definition) is 2. The van der Waals surface area contributed by atoms with Crippen LogP contribution in [-0.4, -0.2) is 36.2 Å². The number of pyridine rings is 1. The molecule has 0 saturated carbocycles. The Morgan fingerprint density at radius 2 is 2.04 bits per heavy atom. The first-order chi connectivity index (χ1) is 12.1. The Morgan fingerprint density at radius 3 is 2.76 bits per heavy atom. The maximum atomic E-state index is 12.7. The molecule has 8 heteroatoms. The van der Waals surface area contributed by atoms with Gasteiger partial charge in [0.1, 0.15) is 11.9 Å². The Labute approximate surface area is 146 Å². The normalized spacial score (nSPS) is 12.7. The van der Waals surface area contributed by atoms with Crippen molar-refractivity contribution in [2.24, 2.45) is 0 Å². The number of benzene rings is 1. The molecule has 3 aromatic rings. The Morgan fingerprint density at radius 1 is 1.20 bits per heavy atom. The van der Waals surface area contributed by atoms with Gasteiger partial charge in [0.15, 0.2) is 0 Å². The second-order valence-corrected chi connectivity index (χ2v) is 7.19. The van der Waals surface area contributed by atoms with Crippen molar-refractivity contribution in [3.8, 4) is 16.9 Å². The summed E-state index contributed by atoms with van der Waals surface area (Å²) in [5.41, 5.74) is 1.30. The van der Waals surface area contributed by atoms with Crippen molar-refractivity contribution in [2.75, 3.05) is 6.54 Å². The van der Waals surface area contributed by atoms with Gasteiger partial charge in [0, 0.05) is 30.1 Å². The van der Waals surface area contributed by atoms with Gasteiger partial charge in [-0.15, -0.1) is 0 Å². The van der Waals surface area contributed by atoms with Crippen molar-refractivity contribution in [2.45, 2.75) is 17.9 Å². The number of nitrogens with one attached hydrogen (secondary N) is 2. The van der Waals surface area contributed by atoms with Gasteiger partial charge in [0.25, 0.3) is 0 Å². The van der Waals surface area contributed by atoms with Gasteiger partial charge in [-0.1, -0.05) is 18.2 Å². The molecule has 2 aromatic heterocycles. The third-order valence-electron chi connectivity index (χ3n) is 3.52. The molecule has 0 aliphatic rings. The number of aromatic nitrogens is 3. The SMILES string of the molecule is CC(CNS(=O)(=O)c1ccccc1-c1cn[nH]c1)Oc1cccnc1. The van der Waals surface area contributed by atoms with E-state index >= 15 is 0 Å². The minimum absolute atomic E-state index is 0.136. The first kappa shape index (κ1) is 17.1. The molecule has 0 radical (unpaired) electrons. The zero-order chi connectivity index (χ0) is 17.7. The second kappa shape index (κ2) is 7.45. The molecule has 0 amide bonds. The maximum Gasteiger partial charge on any atom is 0.241 e. The molecular formula is C17H18N4O3S. The third kappa shape index (κ3) is 4.23. The van der Waals surface area contributed by atoms with Crippen LogP contribution in [0.3, 0.4) is 0 Å². The lowest BCUT2D eigenvalue weighted by atomic mass is 10.1. The van der Waals surface area contributed by atoms with E-state index in [1.165, 1.54) is 0 Å². The summed E-state index contributed by atoms with van der Waals surface area (Å²) < 4.78 is 33.6. The first-order valence-corrected chi connectivity index (χ1v) is 9.19. The molecular weight excluding hydrogens is 340 g/mol. The van der Waals surface area contributed by atoms with E-state index in [0.717, 1.165) is 0 Å². The smallest absolute Gasteiger partial charge is 0.241 e. The molecule has 1 aromatic carbocycles. The fourth-order valence-corrected chi connectivity index (χ4v) is 3.68. The number of aromatic amines is 1. The van der Waals surface area contributed by atoms with Crippen LogP contribution in [0.2, 0.25) is 0 Å². The van der Waals surface area contributed by atoms with Gasteiger partial charge in [-0.2, -0.15) is 5.10 Å². The van der Waals surface area contributed by atoms with Crippen LogP contribution in [0.4, 0.5) is 0 Å². The van der Waals surface area contributed by atoms with Crippen LogP contribution in [0, 0.1) is 0 Å². The van der Waals surface area contributed by atoms with Crippen LogP contribution in [0.15, 0.2) is 66.1 Å². The molecule has 7 nitrogen and oxygen atoms in total.